The number of hydrogen-bond acceptors (Lipinski definition) is 4. The maximum Gasteiger partial charge on any atom is 0.308 e. The van der Waals surface area contributed by atoms with Gasteiger partial charge >= 0.3 is 5.97 Å². The van der Waals surface area contributed by atoms with Gasteiger partial charge in [0.2, 0.25) is 5.79 Å². The van der Waals surface area contributed by atoms with Gasteiger partial charge in [-0.2, -0.15) is 0 Å². The topological polar surface area (TPSA) is 72.5 Å². The Morgan fingerprint density at radius 2 is 1.00 bits per heavy atom. The molecule has 4 nitrogen and oxygen atoms in total. The fourth-order valence-corrected chi connectivity index (χ4v) is 4.61. The summed E-state index contributed by atoms with van der Waals surface area (Å²) < 4.78 is 5.40. The Morgan fingerprint density at radius 3 is 1.32 bits per heavy atom. The quantitative estimate of drug-likeness (QED) is 0.0817. The molecule has 0 aliphatic heterocycles. The van der Waals surface area contributed by atoms with Crippen LogP contribution in [0, 0.1) is 5.41 Å². The van der Waals surface area contributed by atoms with Gasteiger partial charge in [-0.1, -0.05) is 143 Å². The van der Waals surface area contributed by atoms with E-state index in [1.807, 2.05) is 20.8 Å². The number of hydrogen-bond donors (Lipinski definition) is 2. The van der Waals surface area contributed by atoms with Gasteiger partial charge in [-0.25, -0.2) is 0 Å². The molecular weight excluding hydrogens is 422 g/mol. The molecule has 4 heteroatoms. The van der Waals surface area contributed by atoms with Crippen LogP contribution >= 0.6 is 0 Å². The van der Waals surface area contributed by atoms with E-state index in [9.17, 15) is 9.90 Å². The average Bonchev–Trinajstić information content (AvgIpc) is 2.79. The zero-order chi connectivity index (χ0) is 25.7. The maximum absolute atomic E-state index is 12.2. The van der Waals surface area contributed by atoms with Crippen LogP contribution in [-0.4, -0.2) is 22.9 Å². The van der Waals surface area contributed by atoms with Gasteiger partial charge in [0.1, 0.15) is 0 Å². The number of unbranched alkanes of at least 4 members (excludes halogenated alkanes) is 18. The average molecular weight is 484 g/mol. The summed E-state index contributed by atoms with van der Waals surface area (Å²) in [5, 5.41) is 10.6. The zero-order valence-corrected chi connectivity index (χ0v) is 23.8. The molecule has 0 saturated carbocycles. The molecule has 0 fully saturated rings. The Kier molecular flexibility index (Phi) is 20.2. The lowest BCUT2D eigenvalue weighted by atomic mass is 9.76. The molecular formula is C30H61NO3. The second-order valence-electron chi connectivity index (χ2n) is 11.3. The summed E-state index contributed by atoms with van der Waals surface area (Å²) in [5.41, 5.74) is 5.42. The molecule has 0 aromatic rings. The highest BCUT2D eigenvalue weighted by atomic mass is 16.7. The molecule has 0 heterocycles. The fraction of sp³-hybridized carbons (Fsp3) is 0.967. The predicted molar refractivity (Wildman–Crippen MR) is 147 cm³/mol. The van der Waals surface area contributed by atoms with E-state index in [1.54, 1.807) is 6.92 Å². The summed E-state index contributed by atoms with van der Waals surface area (Å²) in [5.74, 6) is -1.87. The maximum atomic E-state index is 12.2. The molecule has 34 heavy (non-hydrogen) atoms. The van der Waals surface area contributed by atoms with E-state index in [4.69, 9.17) is 10.5 Å². The molecule has 0 saturated heterocycles. The van der Waals surface area contributed by atoms with Crippen LogP contribution in [0.1, 0.15) is 169 Å². The molecule has 0 rings (SSSR count). The Balaban J connectivity index is 3.49. The highest BCUT2D eigenvalue weighted by Gasteiger charge is 2.46. The van der Waals surface area contributed by atoms with Crippen LogP contribution in [0.2, 0.25) is 0 Å². The van der Waals surface area contributed by atoms with Crippen molar-refractivity contribution in [3.8, 4) is 0 Å². The molecule has 0 aliphatic rings. The summed E-state index contributed by atoms with van der Waals surface area (Å²) in [4.78, 5) is 12.2. The molecule has 0 aromatic heterocycles. The van der Waals surface area contributed by atoms with Crippen molar-refractivity contribution in [1.82, 2.24) is 0 Å². The number of rotatable bonds is 24. The first-order chi connectivity index (χ1) is 16.2. The van der Waals surface area contributed by atoms with Gasteiger partial charge < -0.3 is 15.6 Å². The third-order valence-corrected chi connectivity index (χ3v) is 7.86. The second kappa shape index (κ2) is 20.6. The van der Waals surface area contributed by atoms with E-state index < -0.39 is 11.2 Å². The standard InChI is InChI=1S/C30H61NO3/c1-6-8-9-10-11-12-13-14-15-16-17-18-19-20-21-22-23-24-25-26-28(32)34-30(5,33)29(3,4)27(31)7-2/h27,33H,6-26,31H2,1-5H3. The largest absolute Gasteiger partial charge is 0.433 e. The minimum Gasteiger partial charge on any atom is -0.433 e. The van der Waals surface area contributed by atoms with Crippen molar-refractivity contribution in [1.29, 1.82) is 0 Å². The number of carbonyl (C=O) groups excluding carboxylic acids is 1. The first kappa shape index (κ1) is 33.4. The second-order valence-corrected chi connectivity index (χ2v) is 11.3. The SMILES string of the molecule is CCCCCCCCCCCCCCCCCCCCCC(=O)OC(C)(O)C(C)(C)C(N)CC. The minimum absolute atomic E-state index is 0.231. The lowest BCUT2D eigenvalue weighted by Crippen LogP contribution is -2.55. The third kappa shape index (κ3) is 16.1. The minimum atomic E-state index is -1.55. The summed E-state index contributed by atoms with van der Waals surface area (Å²) in [6, 6.07) is -0.231. The smallest absolute Gasteiger partial charge is 0.308 e. The molecule has 0 aliphatic carbocycles. The van der Waals surface area contributed by atoms with Crippen LogP contribution in [-0.2, 0) is 9.53 Å². The summed E-state index contributed by atoms with van der Waals surface area (Å²) in [7, 11) is 0. The summed E-state index contributed by atoms with van der Waals surface area (Å²) in [6.45, 7) is 9.52. The molecule has 2 atom stereocenters. The molecule has 0 radical (unpaired) electrons. The van der Waals surface area contributed by atoms with Crippen LogP contribution < -0.4 is 5.73 Å². The molecule has 3 N–H and O–H groups in total. The first-order valence-electron chi connectivity index (χ1n) is 14.9. The van der Waals surface area contributed by atoms with Gasteiger partial charge in [0.05, 0.1) is 0 Å². The third-order valence-electron chi connectivity index (χ3n) is 7.86. The molecule has 0 amide bonds. The Hall–Kier alpha value is -0.610. The summed E-state index contributed by atoms with van der Waals surface area (Å²) in [6.07, 6.45) is 26.4. The van der Waals surface area contributed by atoms with Crippen molar-refractivity contribution < 1.29 is 14.6 Å². The van der Waals surface area contributed by atoms with Gasteiger partial charge in [0.25, 0.3) is 0 Å². The van der Waals surface area contributed by atoms with Crippen molar-refractivity contribution in [3.05, 3.63) is 0 Å². The predicted octanol–water partition coefficient (Wildman–Crippen LogP) is 8.82. The van der Waals surface area contributed by atoms with E-state index in [2.05, 4.69) is 6.92 Å². The van der Waals surface area contributed by atoms with Crippen molar-refractivity contribution in [2.24, 2.45) is 11.1 Å². The highest BCUT2D eigenvalue weighted by molar-refractivity contribution is 5.69. The van der Waals surface area contributed by atoms with Crippen LogP contribution in [0.3, 0.4) is 0 Å². The van der Waals surface area contributed by atoms with Gasteiger partial charge in [0, 0.05) is 24.8 Å². The van der Waals surface area contributed by atoms with Crippen molar-refractivity contribution in [3.63, 3.8) is 0 Å². The zero-order valence-electron chi connectivity index (χ0n) is 23.8. The van der Waals surface area contributed by atoms with Gasteiger partial charge in [0.15, 0.2) is 0 Å². The molecule has 0 aromatic carbocycles. The first-order valence-corrected chi connectivity index (χ1v) is 14.9. The lowest BCUT2D eigenvalue weighted by Gasteiger charge is -2.42. The fourth-order valence-electron chi connectivity index (χ4n) is 4.61. The van der Waals surface area contributed by atoms with Crippen LogP contribution in [0.5, 0.6) is 0 Å². The Morgan fingerprint density at radius 1 is 0.676 bits per heavy atom. The number of nitrogens with two attached hydrogens (primary N) is 1. The Bertz CT molecular complexity index is 476. The summed E-state index contributed by atoms with van der Waals surface area (Å²) >= 11 is 0. The number of esters is 1. The Labute approximate surface area is 213 Å². The van der Waals surface area contributed by atoms with E-state index >= 15 is 0 Å². The van der Waals surface area contributed by atoms with E-state index in [-0.39, 0.29) is 12.0 Å². The normalized spacial score (nSPS) is 14.7. The van der Waals surface area contributed by atoms with Gasteiger partial charge in [-0.3, -0.25) is 4.79 Å². The van der Waals surface area contributed by atoms with Gasteiger partial charge in [-0.15, -0.1) is 0 Å². The molecule has 0 spiro atoms. The van der Waals surface area contributed by atoms with Crippen molar-refractivity contribution >= 4 is 5.97 Å². The van der Waals surface area contributed by atoms with Crippen molar-refractivity contribution in [2.45, 2.75) is 181 Å². The van der Waals surface area contributed by atoms with E-state index in [0.29, 0.717) is 6.42 Å². The highest BCUT2D eigenvalue weighted by Crippen LogP contribution is 2.36. The number of aliphatic hydroxyl groups is 1. The van der Waals surface area contributed by atoms with Crippen LogP contribution in [0.4, 0.5) is 0 Å². The molecule has 2 unspecified atom stereocenters. The molecule has 0 bridgehead atoms. The number of carbonyl (C=O) groups is 1. The van der Waals surface area contributed by atoms with Crippen molar-refractivity contribution in [2.75, 3.05) is 0 Å². The van der Waals surface area contributed by atoms with E-state index in [0.717, 1.165) is 19.3 Å². The van der Waals surface area contributed by atoms with E-state index in [1.165, 1.54) is 109 Å². The molecule has 204 valence electrons. The van der Waals surface area contributed by atoms with Crippen LogP contribution in [0.15, 0.2) is 0 Å². The lowest BCUT2D eigenvalue weighted by molar-refractivity contribution is -0.249. The monoisotopic (exact) mass is 483 g/mol. The number of ether oxygens (including phenoxy) is 1. The van der Waals surface area contributed by atoms with Crippen LogP contribution in [0.25, 0.3) is 0 Å². The van der Waals surface area contributed by atoms with Gasteiger partial charge in [-0.05, 0) is 12.8 Å².